The van der Waals surface area contributed by atoms with Crippen LogP contribution in [-0.4, -0.2) is 24.9 Å². The van der Waals surface area contributed by atoms with Crippen LogP contribution in [0.5, 0.6) is 5.75 Å². The topological polar surface area (TPSA) is 41.5 Å². The van der Waals surface area contributed by atoms with Crippen LogP contribution in [0.2, 0.25) is 0 Å². The van der Waals surface area contributed by atoms with Crippen molar-refractivity contribution in [3.8, 4) is 5.75 Å². The quantitative estimate of drug-likeness (QED) is 0.823. The summed E-state index contributed by atoms with van der Waals surface area (Å²) in [4.78, 5) is 0. The predicted molar refractivity (Wildman–Crippen MR) is 92.8 cm³/mol. The molecule has 0 aliphatic carbocycles. The molecule has 3 nitrogen and oxygen atoms in total. The van der Waals surface area contributed by atoms with Crippen molar-refractivity contribution in [1.29, 1.82) is 0 Å². The molecule has 2 rings (SSSR count). The van der Waals surface area contributed by atoms with Gasteiger partial charge in [0, 0.05) is 12.6 Å². The zero-order chi connectivity index (χ0) is 15.1. The third-order valence-corrected chi connectivity index (χ3v) is 3.61. The van der Waals surface area contributed by atoms with Crippen molar-refractivity contribution in [2.24, 2.45) is 0 Å². The zero-order valence-electron chi connectivity index (χ0n) is 13.1. The molecule has 0 aliphatic rings. The first-order valence-corrected chi connectivity index (χ1v) is 7.24. The molecular formula is C18H24ClNO2. The van der Waals surface area contributed by atoms with Crippen LogP contribution in [0.1, 0.15) is 16.7 Å². The fourth-order valence-corrected chi connectivity index (χ4v) is 2.34. The summed E-state index contributed by atoms with van der Waals surface area (Å²) in [5.74, 6) is 0.896. The van der Waals surface area contributed by atoms with Crippen molar-refractivity contribution >= 4 is 12.4 Å². The van der Waals surface area contributed by atoms with Gasteiger partial charge in [-0.1, -0.05) is 42.5 Å². The third kappa shape index (κ3) is 5.34. The van der Waals surface area contributed by atoms with Gasteiger partial charge in [-0.25, -0.2) is 0 Å². The highest BCUT2D eigenvalue weighted by molar-refractivity contribution is 5.85. The second-order valence-electron chi connectivity index (χ2n) is 5.25. The lowest BCUT2D eigenvalue weighted by Crippen LogP contribution is -2.34. The Morgan fingerprint density at radius 2 is 1.82 bits per heavy atom. The molecule has 0 aromatic heterocycles. The summed E-state index contributed by atoms with van der Waals surface area (Å²) >= 11 is 0. The van der Waals surface area contributed by atoms with E-state index >= 15 is 0 Å². The Bertz CT molecular complexity index is 560. The van der Waals surface area contributed by atoms with Crippen LogP contribution in [0.4, 0.5) is 0 Å². The predicted octanol–water partition coefficient (Wildman–Crippen LogP) is 3.12. The molecule has 0 saturated carbocycles. The number of halogens is 1. The molecule has 0 heterocycles. The van der Waals surface area contributed by atoms with Gasteiger partial charge in [0.05, 0.1) is 13.7 Å². The minimum Gasteiger partial charge on any atom is -0.496 e. The average molecular weight is 322 g/mol. The van der Waals surface area contributed by atoms with E-state index in [0.717, 1.165) is 29.8 Å². The number of ether oxygens (including phenoxy) is 1. The fraction of sp³-hybridized carbons (Fsp3) is 0.333. The van der Waals surface area contributed by atoms with Crippen molar-refractivity contribution in [1.82, 2.24) is 5.32 Å². The molecule has 4 heteroatoms. The highest BCUT2D eigenvalue weighted by Gasteiger charge is 2.09. The van der Waals surface area contributed by atoms with E-state index in [-0.39, 0.29) is 25.1 Å². The first kappa shape index (κ1) is 18.5. The molecule has 0 aliphatic heterocycles. The number of hydrogen-bond acceptors (Lipinski definition) is 3. The molecule has 0 bridgehead atoms. The summed E-state index contributed by atoms with van der Waals surface area (Å²) in [6.45, 7) is 2.90. The second-order valence-corrected chi connectivity index (χ2v) is 5.25. The molecular weight excluding hydrogens is 298 g/mol. The van der Waals surface area contributed by atoms with E-state index in [1.807, 2.05) is 31.2 Å². The molecule has 22 heavy (non-hydrogen) atoms. The van der Waals surface area contributed by atoms with Crippen LogP contribution >= 0.6 is 12.4 Å². The van der Waals surface area contributed by atoms with Crippen LogP contribution < -0.4 is 10.1 Å². The van der Waals surface area contributed by atoms with Gasteiger partial charge in [0.1, 0.15) is 5.75 Å². The van der Waals surface area contributed by atoms with Crippen LogP contribution in [-0.2, 0) is 13.0 Å². The average Bonchev–Trinajstić information content (AvgIpc) is 2.54. The second kappa shape index (κ2) is 9.46. The monoisotopic (exact) mass is 321 g/mol. The first-order chi connectivity index (χ1) is 10.2. The molecule has 2 aromatic rings. The molecule has 1 atom stereocenters. The van der Waals surface area contributed by atoms with E-state index in [9.17, 15) is 5.11 Å². The van der Waals surface area contributed by atoms with E-state index in [1.165, 1.54) is 5.56 Å². The Morgan fingerprint density at radius 1 is 1.09 bits per heavy atom. The van der Waals surface area contributed by atoms with Gasteiger partial charge in [-0.2, -0.15) is 0 Å². The Balaban J connectivity index is 0.00000242. The number of rotatable bonds is 7. The van der Waals surface area contributed by atoms with Crippen molar-refractivity contribution < 1.29 is 9.84 Å². The fourth-order valence-electron chi connectivity index (χ4n) is 2.34. The van der Waals surface area contributed by atoms with Gasteiger partial charge in [-0.05, 0) is 36.1 Å². The molecule has 0 saturated heterocycles. The van der Waals surface area contributed by atoms with Gasteiger partial charge in [-0.15, -0.1) is 12.4 Å². The van der Waals surface area contributed by atoms with E-state index in [2.05, 4.69) is 29.6 Å². The Morgan fingerprint density at radius 3 is 2.45 bits per heavy atom. The van der Waals surface area contributed by atoms with E-state index in [1.54, 1.807) is 7.11 Å². The Kier molecular flexibility index (Phi) is 7.96. The van der Waals surface area contributed by atoms with Crippen molar-refractivity contribution in [2.45, 2.75) is 25.9 Å². The van der Waals surface area contributed by atoms with Crippen molar-refractivity contribution in [2.75, 3.05) is 13.7 Å². The number of nitrogens with one attached hydrogen (secondary N) is 1. The maximum absolute atomic E-state index is 9.55. The summed E-state index contributed by atoms with van der Waals surface area (Å²) in [5, 5.41) is 12.9. The zero-order valence-corrected chi connectivity index (χ0v) is 13.9. The summed E-state index contributed by atoms with van der Waals surface area (Å²) in [7, 11) is 1.68. The lowest BCUT2D eigenvalue weighted by Gasteiger charge is -2.17. The molecule has 0 spiro atoms. The summed E-state index contributed by atoms with van der Waals surface area (Å²) in [5.41, 5.74) is 3.51. The molecule has 2 aromatic carbocycles. The van der Waals surface area contributed by atoms with E-state index < -0.39 is 0 Å². The minimum absolute atomic E-state index is 0. The molecule has 2 N–H and O–H groups in total. The molecule has 0 radical (unpaired) electrons. The van der Waals surface area contributed by atoms with Crippen LogP contribution in [0.15, 0.2) is 48.5 Å². The maximum Gasteiger partial charge on any atom is 0.122 e. The van der Waals surface area contributed by atoms with Gasteiger partial charge < -0.3 is 15.2 Å². The van der Waals surface area contributed by atoms with Gasteiger partial charge in [0.2, 0.25) is 0 Å². The number of methoxy groups -OCH3 is 1. The van der Waals surface area contributed by atoms with Crippen LogP contribution in [0, 0.1) is 6.92 Å². The number of aliphatic hydroxyl groups excluding tert-OH is 1. The molecule has 0 fully saturated rings. The SMILES string of the molecule is COc1cc(CC(CO)NCc2ccccc2)ccc1C.Cl. The highest BCUT2D eigenvalue weighted by atomic mass is 35.5. The standard InChI is InChI=1S/C18H23NO2.ClH/c1-14-8-9-16(11-18(14)21-2)10-17(13-20)19-12-15-6-4-3-5-7-15;/h3-9,11,17,19-20H,10,12-13H2,1-2H3;1H. The number of hydrogen-bond donors (Lipinski definition) is 2. The third-order valence-electron chi connectivity index (χ3n) is 3.61. The lowest BCUT2D eigenvalue weighted by molar-refractivity contribution is 0.240. The number of benzene rings is 2. The van der Waals surface area contributed by atoms with Gasteiger partial charge in [0.25, 0.3) is 0 Å². The van der Waals surface area contributed by atoms with Gasteiger partial charge in [0.15, 0.2) is 0 Å². The highest BCUT2D eigenvalue weighted by Crippen LogP contribution is 2.19. The lowest BCUT2D eigenvalue weighted by atomic mass is 10.0. The molecule has 0 amide bonds. The van der Waals surface area contributed by atoms with Gasteiger partial charge in [-0.3, -0.25) is 0 Å². The number of aliphatic hydroxyl groups is 1. The first-order valence-electron chi connectivity index (χ1n) is 7.24. The molecule has 120 valence electrons. The summed E-state index contributed by atoms with van der Waals surface area (Å²) in [6, 6.07) is 16.4. The van der Waals surface area contributed by atoms with Crippen LogP contribution in [0.25, 0.3) is 0 Å². The Hall–Kier alpha value is -1.55. The molecule has 1 unspecified atom stereocenters. The normalized spacial score (nSPS) is 11.6. The Labute approximate surface area is 138 Å². The van der Waals surface area contributed by atoms with E-state index in [4.69, 9.17) is 4.74 Å². The number of aryl methyl sites for hydroxylation is 1. The maximum atomic E-state index is 9.55. The minimum atomic E-state index is 0. The van der Waals surface area contributed by atoms with E-state index in [0.29, 0.717) is 0 Å². The largest absolute Gasteiger partial charge is 0.496 e. The smallest absolute Gasteiger partial charge is 0.122 e. The van der Waals surface area contributed by atoms with Crippen molar-refractivity contribution in [3.63, 3.8) is 0 Å². The van der Waals surface area contributed by atoms with Gasteiger partial charge >= 0.3 is 0 Å². The summed E-state index contributed by atoms with van der Waals surface area (Å²) < 4.78 is 5.35. The summed E-state index contributed by atoms with van der Waals surface area (Å²) in [6.07, 6.45) is 0.778. The van der Waals surface area contributed by atoms with Crippen molar-refractivity contribution in [3.05, 3.63) is 65.2 Å². The van der Waals surface area contributed by atoms with Crippen LogP contribution in [0.3, 0.4) is 0 Å².